The minimum absolute atomic E-state index is 0.933. The summed E-state index contributed by atoms with van der Waals surface area (Å²) in [5.74, 6) is -32.7. The van der Waals surface area contributed by atoms with Crippen molar-refractivity contribution in [2.24, 2.45) is 0 Å². The van der Waals surface area contributed by atoms with Gasteiger partial charge in [0.05, 0.1) is 10.4 Å². The van der Waals surface area contributed by atoms with Crippen molar-refractivity contribution in [1.29, 1.82) is 0 Å². The number of nitrogens with zero attached hydrogens (tertiary/aromatic N) is 2. The zero-order chi connectivity index (χ0) is 28.7. The SMILES string of the molecule is O=c1c2c(Cl)c(F)c(Cl)c(F)c2n(-c2c(F)c(F)c(F)c(F)c2F)c(=O)n1-c1c(F)c(F)c(F)c(F)c1F. The first-order valence-corrected chi connectivity index (χ1v) is 9.90. The first-order chi connectivity index (χ1) is 17.6. The topological polar surface area (TPSA) is 44.0 Å². The van der Waals surface area contributed by atoms with Crippen molar-refractivity contribution in [3.8, 4) is 11.4 Å². The summed E-state index contributed by atoms with van der Waals surface area (Å²) in [5.41, 5.74) is -11.8. The predicted octanol–water partition coefficient (Wildman–Crippen LogP) is 6.12. The second-order valence-electron chi connectivity index (χ2n) is 7.08. The third kappa shape index (κ3) is 3.42. The molecule has 0 aliphatic carbocycles. The van der Waals surface area contributed by atoms with Gasteiger partial charge in [0.15, 0.2) is 58.2 Å². The van der Waals surface area contributed by atoms with Gasteiger partial charge in [-0.2, -0.15) is 0 Å². The highest BCUT2D eigenvalue weighted by molar-refractivity contribution is 6.38. The minimum atomic E-state index is -2.85. The molecule has 0 atom stereocenters. The molecule has 0 fully saturated rings. The summed E-state index contributed by atoms with van der Waals surface area (Å²) >= 11 is 10.9. The molecule has 0 amide bonds. The van der Waals surface area contributed by atoms with Gasteiger partial charge in [0.2, 0.25) is 11.6 Å². The highest BCUT2D eigenvalue weighted by atomic mass is 35.5. The Morgan fingerprint density at radius 3 is 1.16 bits per heavy atom. The van der Waals surface area contributed by atoms with E-state index in [1.54, 1.807) is 0 Å². The molecular formula is C20Cl2F12N2O2. The molecule has 0 radical (unpaired) electrons. The van der Waals surface area contributed by atoms with E-state index in [2.05, 4.69) is 0 Å². The molecule has 0 saturated carbocycles. The monoisotopic (exact) mass is 598 g/mol. The predicted molar refractivity (Wildman–Crippen MR) is 105 cm³/mol. The molecule has 1 heterocycles. The van der Waals surface area contributed by atoms with Gasteiger partial charge in [0, 0.05) is 0 Å². The first-order valence-electron chi connectivity index (χ1n) is 9.15. The second-order valence-corrected chi connectivity index (χ2v) is 7.83. The molecule has 0 spiro atoms. The smallest absolute Gasteiger partial charge is 0.268 e. The standard InChI is InChI=1S/C20Cl2F12N2O2/c21-2-1-16(5(24)3(22)4(2)23)35(17-12(31)8(27)6(25)9(28)13(17)32)20(38)36(19(1)37)18-14(33)10(29)7(26)11(30)15(18)34. The van der Waals surface area contributed by atoms with Crippen molar-refractivity contribution in [3.63, 3.8) is 0 Å². The Morgan fingerprint density at radius 2 is 0.763 bits per heavy atom. The van der Waals surface area contributed by atoms with Crippen LogP contribution in [0.4, 0.5) is 52.7 Å². The lowest BCUT2D eigenvalue weighted by atomic mass is 10.1. The van der Waals surface area contributed by atoms with E-state index in [1.165, 1.54) is 0 Å². The van der Waals surface area contributed by atoms with E-state index in [0.29, 0.717) is 0 Å². The van der Waals surface area contributed by atoms with Gasteiger partial charge < -0.3 is 0 Å². The van der Waals surface area contributed by atoms with Gasteiger partial charge in [-0.25, -0.2) is 62.0 Å². The van der Waals surface area contributed by atoms with Crippen molar-refractivity contribution >= 4 is 34.1 Å². The quantitative estimate of drug-likeness (QED) is 0.159. The molecule has 200 valence electrons. The summed E-state index contributed by atoms with van der Waals surface area (Å²) in [6, 6.07) is 0. The number of hydrogen-bond acceptors (Lipinski definition) is 2. The molecule has 18 heteroatoms. The minimum Gasteiger partial charge on any atom is -0.268 e. The molecule has 4 aromatic rings. The molecule has 0 saturated heterocycles. The lowest BCUT2D eigenvalue weighted by Crippen LogP contribution is -2.41. The Morgan fingerprint density at radius 1 is 0.421 bits per heavy atom. The molecule has 0 N–H and O–H groups in total. The summed E-state index contributed by atoms with van der Waals surface area (Å²) in [5, 5.41) is -5.14. The van der Waals surface area contributed by atoms with Gasteiger partial charge in [-0.05, 0) is 0 Å². The number of halogens is 14. The van der Waals surface area contributed by atoms with Crippen molar-refractivity contribution < 1.29 is 52.7 Å². The Balaban J connectivity index is 2.47. The van der Waals surface area contributed by atoms with Gasteiger partial charge in [-0.1, -0.05) is 23.2 Å². The van der Waals surface area contributed by atoms with Crippen LogP contribution in [0.1, 0.15) is 0 Å². The van der Waals surface area contributed by atoms with Crippen LogP contribution >= 0.6 is 23.2 Å². The average molecular weight is 599 g/mol. The normalized spacial score (nSPS) is 11.6. The molecule has 0 aliphatic rings. The zero-order valence-electron chi connectivity index (χ0n) is 17.0. The van der Waals surface area contributed by atoms with Gasteiger partial charge in [0.25, 0.3) is 5.56 Å². The van der Waals surface area contributed by atoms with Crippen LogP contribution in [0.15, 0.2) is 9.59 Å². The van der Waals surface area contributed by atoms with Crippen molar-refractivity contribution in [1.82, 2.24) is 9.13 Å². The van der Waals surface area contributed by atoms with E-state index in [1.807, 2.05) is 0 Å². The fourth-order valence-electron chi connectivity index (χ4n) is 3.40. The molecule has 38 heavy (non-hydrogen) atoms. The maximum absolute atomic E-state index is 15.0. The molecule has 4 rings (SSSR count). The average Bonchev–Trinajstić information content (AvgIpc) is 2.88. The van der Waals surface area contributed by atoms with Crippen molar-refractivity contribution in [2.75, 3.05) is 0 Å². The Hall–Kier alpha value is -3.66. The van der Waals surface area contributed by atoms with Crippen molar-refractivity contribution in [3.05, 3.63) is 101 Å². The third-order valence-corrected chi connectivity index (χ3v) is 5.77. The van der Waals surface area contributed by atoms with E-state index in [4.69, 9.17) is 23.2 Å². The van der Waals surface area contributed by atoms with Crippen LogP contribution in [-0.4, -0.2) is 9.13 Å². The molecule has 1 aromatic heterocycles. The maximum atomic E-state index is 15.0. The Bertz CT molecular complexity index is 1810. The number of fused-ring (bicyclic) bond motifs is 1. The fourth-order valence-corrected chi connectivity index (χ4v) is 3.90. The summed E-state index contributed by atoms with van der Waals surface area (Å²) < 4.78 is 168. The van der Waals surface area contributed by atoms with Crippen LogP contribution in [0.2, 0.25) is 10.0 Å². The third-order valence-electron chi connectivity index (χ3n) is 5.09. The summed E-state index contributed by atoms with van der Waals surface area (Å²) in [6.07, 6.45) is 0. The number of rotatable bonds is 2. The van der Waals surface area contributed by atoms with E-state index >= 15 is 4.39 Å². The summed E-state index contributed by atoms with van der Waals surface area (Å²) in [6.45, 7) is 0. The molecular weight excluding hydrogens is 599 g/mol. The second kappa shape index (κ2) is 8.97. The summed E-state index contributed by atoms with van der Waals surface area (Å²) in [7, 11) is 0. The van der Waals surface area contributed by atoms with Crippen LogP contribution in [0, 0.1) is 69.8 Å². The molecule has 0 aliphatic heterocycles. The van der Waals surface area contributed by atoms with Crippen LogP contribution in [-0.2, 0) is 0 Å². The number of hydrogen-bond donors (Lipinski definition) is 0. The summed E-state index contributed by atoms with van der Waals surface area (Å²) in [4.78, 5) is 26.1. The van der Waals surface area contributed by atoms with Crippen molar-refractivity contribution in [2.45, 2.75) is 0 Å². The van der Waals surface area contributed by atoms with Crippen LogP contribution in [0.25, 0.3) is 22.3 Å². The lowest BCUT2D eigenvalue weighted by Gasteiger charge is -2.18. The van der Waals surface area contributed by atoms with E-state index in [-0.39, 0.29) is 0 Å². The van der Waals surface area contributed by atoms with Gasteiger partial charge in [-0.3, -0.25) is 9.36 Å². The number of aromatic nitrogens is 2. The molecule has 4 nitrogen and oxygen atoms in total. The Labute approximate surface area is 208 Å². The fraction of sp³-hybridized carbons (Fsp3) is 0. The largest absolute Gasteiger partial charge is 0.341 e. The zero-order valence-corrected chi connectivity index (χ0v) is 18.5. The lowest BCUT2D eigenvalue weighted by molar-refractivity contribution is 0.372. The van der Waals surface area contributed by atoms with Crippen LogP contribution in [0.3, 0.4) is 0 Å². The highest BCUT2D eigenvalue weighted by Gasteiger charge is 2.35. The molecule has 0 bridgehead atoms. The van der Waals surface area contributed by atoms with Gasteiger partial charge in [0.1, 0.15) is 21.9 Å². The van der Waals surface area contributed by atoms with Gasteiger partial charge >= 0.3 is 5.69 Å². The van der Waals surface area contributed by atoms with E-state index < -0.39 is 123 Å². The Kier molecular flexibility index (Phi) is 6.46. The maximum Gasteiger partial charge on any atom is 0.341 e. The van der Waals surface area contributed by atoms with Crippen LogP contribution < -0.4 is 11.2 Å². The van der Waals surface area contributed by atoms with Gasteiger partial charge in [-0.15, -0.1) is 0 Å². The van der Waals surface area contributed by atoms with Crippen LogP contribution in [0.5, 0.6) is 0 Å². The molecule has 0 unspecified atom stereocenters. The molecule has 3 aromatic carbocycles. The van der Waals surface area contributed by atoms with E-state index in [9.17, 15) is 57.9 Å². The first kappa shape index (κ1) is 27.4. The number of benzene rings is 3. The van der Waals surface area contributed by atoms with E-state index in [0.717, 1.165) is 0 Å². The highest BCUT2D eigenvalue weighted by Crippen LogP contribution is 2.36.